The normalized spacial score (nSPS) is 10.6. The maximum Gasteiger partial charge on any atom is 0.288 e. The van der Waals surface area contributed by atoms with E-state index in [1.807, 2.05) is 0 Å². The molecule has 9 heteroatoms. The van der Waals surface area contributed by atoms with E-state index in [1.165, 1.54) is 37.6 Å². The molecule has 0 fully saturated rings. The number of nitrogens with one attached hydrogen (secondary N) is 1. The molecule has 2 aromatic carbocycles. The van der Waals surface area contributed by atoms with E-state index in [9.17, 15) is 20.0 Å². The number of halogens is 1. The second kappa shape index (κ2) is 7.42. The van der Waals surface area contributed by atoms with Gasteiger partial charge in [-0.2, -0.15) is 5.10 Å². The Labute approximate surface area is 141 Å². The van der Waals surface area contributed by atoms with Gasteiger partial charge in [-0.1, -0.05) is 11.6 Å². The summed E-state index contributed by atoms with van der Waals surface area (Å²) in [7, 11) is 1.41. The number of phenols is 1. The fraction of sp³-hybridized carbons (Fsp3) is 0.0667. The van der Waals surface area contributed by atoms with Crippen LogP contribution < -0.4 is 10.2 Å². The first-order valence-corrected chi connectivity index (χ1v) is 6.94. The Morgan fingerprint density at radius 3 is 2.79 bits per heavy atom. The van der Waals surface area contributed by atoms with Gasteiger partial charge in [0, 0.05) is 11.6 Å². The van der Waals surface area contributed by atoms with Crippen molar-refractivity contribution in [2.24, 2.45) is 5.10 Å². The number of methoxy groups -OCH3 is 1. The van der Waals surface area contributed by atoms with Gasteiger partial charge in [-0.15, -0.1) is 0 Å². The van der Waals surface area contributed by atoms with Crippen LogP contribution in [0.15, 0.2) is 41.5 Å². The van der Waals surface area contributed by atoms with Gasteiger partial charge in [-0.25, -0.2) is 5.43 Å². The maximum atomic E-state index is 11.9. The van der Waals surface area contributed by atoms with Crippen molar-refractivity contribution in [1.82, 2.24) is 5.43 Å². The molecule has 1 amide bonds. The van der Waals surface area contributed by atoms with Gasteiger partial charge in [0.15, 0.2) is 11.5 Å². The number of carbonyl (C=O) groups is 1. The minimum Gasteiger partial charge on any atom is -0.504 e. The van der Waals surface area contributed by atoms with Crippen molar-refractivity contribution >= 4 is 29.4 Å². The molecule has 0 heterocycles. The third-order valence-corrected chi connectivity index (χ3v) is 3.31. The minimum atomic E-state index is -0.675. The van der Waals surface area contributed by atoms with E-state index in [-0.39, 0.29) is 27.8 Å². The zero-order valence-electron chi connectivity index (χ0n) is 12.4. The van der Waals surface area contributed by atoms with Gasteiger partial charge in [0.1, 0.15) is 5.02 Å². The molecule has 0 saturated carbocycles. The second-order valence-corrected chi connectivity index (χ2v) is 4.96. The smallest absolute Gasteiger partial charge is 0.288 e. The summed E-state index contributed by atoms with van der Waals surface area (Å²) < 4.78 is 4.95. The molecule has 2 N–H and O–H groups in total. The molecule has 0 aromatic heterocycles. The van der Waals surface area contributed by atoms with Crippen LogP contribution in [0.25, 0.3) is 0 Å². The number of phenolic OH excluding ortho intramolecular Hbond substituents is 1. The summed E-state index contributed by atoms with van der Waals surface area (Å²) in [6.45, 7) is 0. The monoisotopic (exact) mass is 349 g/mol. The number of amides is 1. The summed E-state index contributed by atoms with van der Waals surface area (Å²) in [5.74, 6) is -0.387. The fourth-order valence-electron chi connectivity index (χ4n) is 1.80. The summed E-state index contributed by atoms with van der Waals surface area (Å²) >= 11 is 5.69. The fourth-order valence-corrected chi connectivity index (χ4v) is 1.98. The lowest BCUT2D eigenvalue weighted by Gasteiger charge is -2.04. The molecular formula is C15H12ClN3O5. The van der Waals surface area contributed by atoms with Crippen molar-refractivity contribution in [3.05, 3.63) is 62.7 Å². The largest absolute Gasteiger partial charge is 0.504 e. The molecule has 8 nitrogen and oxygen atoms in total. The zero-order chi connectivity index (χ0) is 17.7. The van der Waals surface area contributed by atoms with E-state index in [1.54, 1.807) is 6.07 Å². The van der Waals surface area contributed by atoms with Crippen molar-refractivity contribution < 1.29 is 19.6 Å². The van der Waals surface area contributed by atoms with Gasteiger partial charge in [0.25, 0.3) is 11.6 Å². The van der Waals surface area contributed by atoms with Crippen LogP contribution in [0.5, 0.6) is 11.5 Å². The SMILES string of the molecule is COc1cc(/C=N/NC(=O)c2ccc(Cl)c([N+](=O)[O-])c2)ccc1O. The van der Waals surface area contributed by atoms with Crippen LogP contribution in [0.3, 0.4) is 0 Å². The van der Waals surface area contributed by atoms with Crippen LogP contribution in [0, 0.1) is 10.1 Å². The maximum absolute atomic E-state index is 11.9. The molecule has 0 unspecified atom stereocenters. The molecule has 0 saturated heterocycles. The highest BCUT2D eigenvalue weighted by atomic mass is 35.5. The van der Waals surface area contributed by atoms with Crippen LogP contribution in [-0.2, 0) is 0 Å². The second-order valence-electron chi connectivity index (χ2n) is 4.55. The third kappa shape index (κ3) is 3.99. The van der Waals surface area contributed by atoms with Gasteiger partial charge >= 0.3 is 0 Å². The van der Waals surface area contributed by atoms with Gasteiger partial charge in [0.2, 0.25) is 0 Å². The van der Waals surface area contributed by atoms with Crippen LogP contribution in [0.2, 0.25) is 5.02 Å². The Balaban J connectivity index is 2.10. The van der Waals surface area contributed by atoms with Crippen molar-refractivity contribution in [2.45, 2.75) is 0 Å². The molecule has 2 rings (SSSR count). The van der Waals surface area contributed by atoms with Gasteiger partial charge in [-0.3, -0.25) is 14.9 Å². The summed E-state index contributed by atoms with van der Waals surface area (Å²) in [6.07, 6.45) is 1.34. The summed E-state index contributed by atoms with van der Waals surface area (Å²) in [4.78, 5) is 22.1. The molecule has 24 heavy (non-hydrogen) atoms. The topological polar surface area (TPSA) is 114 Å². The van der Waals surface area contributed by atoms with Crippen LogP contribution in [0.4, 0.5) is 5.69 Å². The highest BCUT2D eigenvalue weighted by Gasteiger charge is 2.15. The van der Waals surface area contributed by atoms with E-state index < -0.39 is 10.8 Å². The number of nitrogens with zero attached hydrogens (tertiary/aromatic N) is 2. The van der Waals surface area contributed by atoms with E-state index in [2.05, 4.69) is 10.5 Å². The van der Waals surface area contributed by atoms with Gasteiger partial charge < -0.3 is 9.84 Å². The molecule has 0 aliphatic heterocycles. The van der Waals surface area contributed by atoms with E-state index in [0.29, 0.717) is 5.56 Å². The summed E-state index contributed by atoms with van der Waals surface area (Å²) in [5.41, 5.74) is 2.51. The average Bonchev–Trinajstić information content (AvgIpc) is 2.56. The molecule has 0 spiro atoms. The Hall–Kier alpha value is -3.13. The first-order chi connectivity index (χ1) is 11.4. The van der Waals surface area contributed by atoms with Crippen LogP contribution in [-0.4, -0.2) is 29.3 Å². The number of benzene rings is 2. The lowest BCUT2D eigenvalue weighted by molar-refractivity contribution is -0.384. The van der Waals surface area contributed by atoms with Crippen molar-refractivity contribution in [1.29, 1.82) is 0 Å². The van der Waals surface area contributed by atoms with Gasteiger partial charge in [-0.05, 0) is 35.9 Å². The Bertz CT molecular complexity index is 823. The Kier molecular flexibility index (Phi) is 5.33. The summed E-state index contributed by atoms with van der Waals surface area (Å²) in [5, 5.41) is 24.0. The first kappa shape index (κ1) is 17.2. The molecule has 0 bridgehead atoms. The van der Waals surface area contributed by atoms with E-state index in [4.69, 9.17) is 16.3 Å². The summed E-state index contributed by atoms with van der Waals surface area (Å²) in [6, 6.07) is 8.20. The number of nitro benzene ring substituents is 1. The number of carbonyl (C=O) groups excluding carboxylic acids is 1. The third-order valence-electron chi connectivity index (χ3n) is 2.99. The lowest BCUT2D eigenvalue weighted by Crippen LogP contribution is -2.17. The number of hydrogen-bond donors (Lipinski definition) is 2. The highest BCUT2D eigenvalue weighted by Crippen LogP contribution is 2.26. The van der Waals surface area contributed by atoms with Crippen LogP contribution >= 0.6 is 11.6 Å². The first-order valence-electron chi connectivity index (χ1n) is 6.56. The molecule has 0 radical (unpaired) electrons. The van der Waals surface area contributed by atoms with E-state index >= 15 is 0 Å². The predicted octanol–water partition coefficient (Wildman–Crippen LogP) is 2.73. The molecule has 124 valence electrons. The predicted molar refractivity (Wildman–Crippen MR) is 87.8 cm³/mol. The van der Waals surface area contributed by atoms with Crippen molar-refractivity contribution in [2.75, 3.05) is 7.11 Å². The number of hydrogen-bond acceptors (Lipinski definition) is 6. The van der Waals surface area contributed by atoms with Crippen molar-refractivity contribution in [3.8, 4) is 11.5 Å². The average molecular weight is 350 g/mol. The number of hydrazone groups is 1. The van der Waals surface area contributed by atoms with E-state index in [0.717, 1.165) is 6.07 Å². The Morgan fingerprint density at radius 2 is 2.12 bits per heavy atom. The van der Waals surface area contributed by atoms with Crippen molar-refractivity contribution in [3.63, 3.8) is 0 Å². The number of nitro groups is 1. The lowest BCUT2D eigenvalue weighted by atomic mass is 10.2. The molecule has 0 aliphatic carbocycles. The molecule has 0 atom stereocenters. The number of rotatable bonds is 5. The Morgan fingerprint density at radius 1 is 1.38 bits per heavy atom. The quantitative estimate of drug-likeness (QED) is 0.489. The zero-order valence-corrected chi connectivity index (χ0v) is 13.1. The number of aromatic hydroxyl groups is 1. The van der Waals surface area contributed by atoms with Gasteiger partial charge in [0.05, 0.1) is 18.2 Å². The van der Waals surface area contributed by atoms with Crippen LogP contribution in [0.1, 0.15) is 15.9 Å². The standard InChI is InChI=1S/C15H12ClN3O5/c1-24-14-6-9(2-5-13(14)20)8-17-18-15(21)10-3-4-11(16)12(7-10)19(22)23/h2-8,20H,1H3,(H,18,21)/b17-8+. The number of ether oxygens (including phenoxy) is 1. The molecule has 2 aromatic rings. The molecule has 0 aliphatic rings. The highest BCUT2D eigenvalue weighted by molar-refractivity contribution is 6.32. The minimum absolute atomic E-state index is 0.0211. The molecular weight excluding hydrogens is 338 g/mol.